The molecule has 2 aliphatic carbocycles. The molecule has 3 nitrogen and oxygen atoms in total. The van der Waals surface area contributed by atoms with Gasteiger partial charge in [0.15, 0.2) is 0 Å². The maximum absolute atomic E-state index is 5.91. The lowest BCUT2D eigenvalue weighted by Crippen LogP contribution is -2.35. The lowest BCUT2D eigenvalue weighted by Gasteiger charge is -2.34. The Morgan fingerprint density at radius 3 is 2.81 bits per heavy atom. The lowest BCUT2D eigenvalue weighted by atomic mass is 9.86. The summed E-state index contributed by atoms with van der Waals surface area (Å²) >= 11 is 0. The van der Waals surface area contributed by atoms with Gasteiger partial charge in [-0.25, -0.2) is 0 Å². The average Bonchev–Trinajstić information content (AvgIpc) is 3.22. The lowest BCUT2D eigenvalue weighted by molar-refractivity contribution is 0.157. The van der Waals surface area contributed by atoms with Crippen LogP contribution in [0.2, 0.25) is 0 Å². The zero-order chi connectivity index (χ0) is 14.8. The third-order valence-corrected chi connectivity index (χ3v) is 5.17. The molecule has 0 bridgehead atoms. The van der Waals surface area contributed by atoms with Crippen molar-refractivity contribution in [1.29, 1.82) is 0 Å². The first kappa shape index (κ1) is 15.1. The van der Waals surface area contributed by atoms with Gasteiger partial charge in [0, 0.05) is 24.2 Å². The maximum atomic E-state index is 5.91. The van der Waals surface area contributed by atoms with Crippen molar-refractivity contribution in [2.75, 3.05) is 7.05 Å². The highest BCUT2D eigenvalue weighted by Crippen LogP contribution is 2.28. The summed E-state index contributed by atoms with van der Waals surface area (Å²) in [4.78, 5) is 2.53. The van der Waals surface area contributed by atoms with E-state index in [1.165, 1.54) is 44.1 Å². The molecule has 1 aromatic heterocycles. The van der Waals surface area contributed by atoms with Crippen LogP contribution in [-0.4, -0.2) is 24.0 Å². The molecule has 1 heterocycles. The van der Waals surface area contributed by atoms with E-state index in [4.69, 9.17) is 4.42 Å². The topological polar surface area (TPSA) is 28.4 Å². The summed E-state index contributed by atoms with van der Waals surface area (Å²) in [5.41, 5.74) is 1.36. The number of hydrogen-bond acceptors (Lipinski definition) is 3. The highest BCUT2D eigenvalue weighted by molar-refractivity contribution is 5.21. The maximum Gasteiger partial charge on any atom is 0.118 e. The van der Waals surface area contributed by atoms with E-state index in [9.17, 15) is 0 Å². The molecule has 2 atom stereocenters. The Hall–Kier alpha value is -0.800. The van der Waals surface area contributed by atoms with E-state index >= 15 is 0 Å². The summed E-state index contributed by atoms with van der Waals surface area (Å²) < 4.78 is 5.91. The second kappa shape index (κ2) is 6.53. The largest absolute Gasteiger partial charge is 0.465 e. The molecule has 2 saturated carbocycles. The number of rotatable bonds is 6. The van der Waals surface area contributed by atoms with E-state index in [1.807, 2.05) is 0 Å². The van der Waals surface area contributed by atoms with Crippen LogP contribution in [0, 0.1) is 12.8 Å². The molecule has 3 heteroatoms. The van der Waals surface area contributed by atoms with Crippen molar-refractivity contribution < 1.29 is 4.42 Å². The molecule has 0 saturated heterocycles. The van der Waals surface area contributed by atoms with E-state index in [-0.39, 0.29) is 0 Å². The summed E-state index contributed by atoms with van der Waals surface area (Å²) in [6.45, 7) is 6.41. The smallest absolute Gasteiger partial charge is 0.118 e. The van der Waals surface area contributed by atoms with Gasteiger partial charge in [-0.1, -0.05) is 19.8 Å². The number of nitrogens with zero attached hydrogens (tertiary/aromatic N) is 1. The summed E-state index contributed by atoms with van der Waals surface area (Å²) in [5, 5.41) is 3.53. The van der Waals surface area contributed by atoms with Crippen LogP contribution in [0.3, 0.4) is 0 Å². The monoisotopic (exact) mass is 290 g/mol. The normalized spacial score (nSPS) is 26.5. The van der Waals surface area contributed by atoms with E-state index in [0.29, 0.717) is 0 Å². The van der Waals surface area contributed by atoms with Gasteiger partial charge >= 0.3 is 0 Å². The molecule has 118 valence electrons. The number of nitrogens with one attached hydrogen (secondary N) is 1. The molecular formula is C18H30N2O. The molecule has 0 aromatic carbocycles. The van der Waals surface area contributed by atoms with Crippen molar-refractivity contribution in [3.63, 3.8) is 0 Å². The second-order valence-electron chi connectivity index (χ2n) is 7.29. The summed E-state index contributed by atoms with van der Waals surface area (Å²) in [5.74, 6) is 3.08. The quantitative estimate of drug-likeness (QED) is 0.862. The van der Waals surface area contributed by atoms with Gasteiger partial charge in [0.2, 0.25) is 0 Å². The third-order valence-electron chi connectivity index (χ3n) is 5.17. The van der Waals surface area contributed by atoms with Crippen LogP contribution in [0.4, 0.5) is 0 Å². The van der Waals surface area contributed by atoms with Crippen LogP contribution in [0.5, 0.6) is 0 Å². The molecular weight excluding hydrogens is 260 g/mol. The fourth-order valence-corrected chi connectivity index (χ4v) is 3.56. The van der Waals surface area contributed by atoms with Crippen molar-refractivity contribution in [2.45, 2.75) is 77.5 Å². The Morgan fingerprint density at radius 1 is 1.29 bits per heavy atom. The zero-order valence-corrected chi connectivity index (χ0v) is 13.8. The van der Waals surface area contributed by atoms with Crippen molar-refractivity contribution in [2.24, 2.45) is 5.92 Å². The highest BCUT2D eigenvalue weighted by atomic mass is 16.3. The molecule has 0 amide bonds. The molecule has 2 aliphatic rings. The van der Waals surface area contributed by atoms with Crippen molar-refractivity contribution in [3.05, 3.63) is 23.2 Å². The van der Waals surface area contributed by atoms with Crippen LogP contribution < -0.4 is 5.32 Å². The zero-order valence-electron chi connectivity index (χ0n) is 13.8. The van der Waals surface area contributed by atoms with Crippen LogP contribution in [0.1, 0.15) is 62.5 Å². The van der Waals surface area contributed by atoms with Crippen LogP contribution in [0.25, 0.3) is 0 Å². The molecule has 0 radical (unpaired) electrons. The van der Waals surface area contributed by atoms with Crippen molar-refractivity contribution >= 4 is 0 Å². The molecule has 21 heavy (non-hydrogen) atoms. The van der Waals surface area contributed by atoms with Gasteiger partial charge in [0.1, 0.15) is 11.5 Å². The van der Waals surface area contributed by atoms with Gasteiger partial charge in [0.05, 0.1) is 6.54 Å². The number of furan rings is 1. The minimum Gasteiger partial charge on any atom is -0.465 e. The fourth-order valence-electron chi connectivity index (χ4n) is 3.56. The molecule has 1 aromatic rings. The van der Waals surface area contributed by atoms with Gasteiger partial charge in [-0.05, 0) is 51.6 Å². The Balaban J connectivity index is 1.55. The summed E-state index contributed by atoms with van der Waals surface area (Å²) in [7, 11) is 2.28. The Bertz CT molecular complexity index is 464. The highest BCUT2D eigenvalue weighted by Gasteiger charge is 2.24. The minimum atomic E-state index is 0.741. The number of aryl methyl sites for hydroxylation is 1. The molecule has 0 aliphatic heterocycles. The SMILES string of the molecule is Cc1oc(CNC2CC2)cc1CN(C)C1CCCC(C)C1. The first-order valence-electron chi connectivity index (χ1n) is 8.63. The molecule has 3 rings (SSSR count). The predicted molar refractivity (Wildman–Crippen MR) is 86.2 cm³/mol. The van der Waals surface area contributed by atoms with E-state index in [1.54, 1.807) is 0 Å². The first-order valence-corrected chi connectivity index (χ1v) is 8.63. The van der Waals surface area contributed by atoms with Crippen molar-refractivity contribution in [3.8, 4) is 0 Å². The molecule has 2 fully saturated rings. The van der Waals surface area contributed by atoms with E-state index in [0.717, 1.165) is 42.6 Å². The van der Waals surface area contributed by atoms with Crippen LogP contribution >= 0.6 is 0 Å². The molecule has 1 N–H and O–H groups in total. The molecule has 0 spiro atoms. The van der Waals surface area contributed by atoms with Gasteiger partial charge in [-0.3, -0.25) is 4.90 Å². The van der Waals surface area contributed by atoms with Gasteiger partial charge in [0.25, 0.3) is 0 Å². The van der Waals surface area contributed by atoms with E-state index in [2.05, 4.69) is 37.2 Å². The Kier molecular flexibility index (Phi) is 4.70. The van der Waals surface area contributed by atoms with Crippen molar-refractivity contribution in [1.82, 2.24) is 10.2 Å². The van der Waals surface area contributed by atoms with Gasteiger partial charge in [-0.15, -0.1) is 0 Å². The standard InChI is InChI=1S/C18H30N2O/c1-13-5-4-6-17(9-13)20(3)12-15-10-18(21-14(15)2)11-19-16-7-8-16/h10,13,16-17,19H,4-9,11-12H2,1-3H3. The van der Waals surface area contributed by atoms with E-state index < -0.39 is 0 Å². The molecule has 2 unspecified atom stereocenters. The Morgan fingerprint density at radius 2 is 2.10 bits per heavy atom. The predicted octanol–water partition coefficient (Wildman–Crippen LogP) is 3.85. The summed E-state index contributed by atoms with van der Waals surface area (Å²) in [6.07, 6.45) is 8.16. The third kappa shape index (κ3) is 4.10. The summed E-state index contributed by atoms with van der Waals surface area (Å²) in [6, 6.07) is 3.74. The number of hydrogen-bond donors (Lipinski definition) is 1. The first-order chi connectivity index (χ1) is 10.1. The van der Waals surface area contributed by atoms with Crippen LogP contribution in [-0.2, 0) is 13.1 Å². The fraction of sp³-hybridized carbons (Fsp3) is 0.778. The second-order valence-corrected chi connectivity index (χ2v) is 7.29. The van der Waals surface area contributed by atoms with Crippen LogP contribution in [0.15, 0.2) is 10.5 Å². The van der Waals surface area contributed by atoms with Gasteiger partial charge in [-0.2, -0.15) is 0 Å². The average molecular weight is 290 g/mol. The Labute approximate surface area is 129 Å². The minimum absolute atomic E-state index is 0.741. The van der Waals surface area contributed by atoms with Gasteiger partial charge < -0.3 is 9.73 Å².